The van der Waals surface area contributed by atoms with Crippen molar-refractivity contribution < 1.29 is 4.79 Å². The lowest BCUT2D eigenvalue weighted by atomic mass is 10.3. The summed E-state index contributed by atoms with van der Waals surface area (Å²) >= 11 is 0. The molecule has 1 aliphatic rings. The maximum Gasteiger partial charge on any atom is 0.257 e. The summed E-state index contributed by atoms with van der Waals surface area (Å²) < 4.78 is 4.01. The van der Waals surface area contributed by atoms with Gasteiger partial charge in [-0.15, -0.1) is 9.41 Å². The molecule has 5 heteroatoms. The van der Waals surface area contributed by atoms with Crippen molar-refractivity contribution in [3.8, 4) is 0 Å². The van der Waals surface area contributed by atoms with Gasteiger partial charge in [0.1, 0.15) is 6.33 Å². The van der Waals surface area contributed by atoms with Crippen molar-refractivity contribution in [1.29, 1.82) is 0 Å². The second-order valence-electron chi connectivity index (χ2n) is 3.04. The molecule has 82 valence electrons. The van der Waals surface area contributed by atoms with Crippen molar-refractivity contribution in [2.75, 3.05) is 6.26 Å². The lowest BCUT2D eigenvalue weighted by molar-refractivity contribution is -0.117. The summed E-state index contributed by atoms with van der Waals surface area (Å²) in [5.74, 6) is 3.81. The predicted molar refractivity (Wildman–Crippen MR) is 63.2 cm³/mol. The Morgan fingerprint density at radius 1 is 1.47 bits per heavy atom. The molecule has 1 aliphatic heterocycles. The van der Waals surface area contributed by atoms with E-state index < -0.39 is 9.41 Å². The highest BCUT2D eigenvalue weighted by Crippen LogP contribution is 2.19. The van der Waals surface area contributed by atoms with E-state index in [9.17, 15) is 4.79 Å². The molecule has 1 unspecified atom stereocenters. The first-order valence-electron chi connectivity index (χ1n) is 4.76. The largest absolute Gasteiger partial charge is 0.272 e. The molecule has 1 aromatic heterocycles. The minimum absolute atomic E-state index is 0.126. The fourth-order valence-electron chi connectivity index (χ4n) is 1.29. The Balaban J connectivity index is 0.000000531. The topological polar surface area (TPSA) is 55.2 Å². The van der Waals surface area contributed by atoms with Gasteiger partial charge in [0.05, 0.1) is 17.0 Å². The van der Waals surface area contributed by atoms with Crippen LogP contribution in [0.5, 0.6) is 0 Å². The summed E-state index contributed by atoms with van der Waals surface area (Å²) in [4.78, 5) is 20.1. The molecule has 1 aromatic rings. The Morgan fingerprint density at radius 3 is 2.80 bits per heavy atom. The predicted octanol–water partition coefficient (Wildman–Crippen LogP) is 1.34. The fraction of sp³-hybridized carbons (Fsp3) is 0.400. The highest BCUT2D eigenvalue weighted by Gasteiger charge is 2.18. The molecular formula is C10H15N3OS. The van der Waals surface area contributed by atoms with Gasteiger partial charge in [-0.25, -0.2) is 9.97 Å². The van der Waals surface area contributed by atoms with E-state index in [2.05, 4.69) is 20.2 Å². The first kappa shape index (κ1) is 11.8. The molecule has 0 saturated heterocycles. The molecular weight excluding hydrogens is 210 g/mol. The standard InChI is InChI=1S/C8H9N3OS.C2H6/c1-13(2)7-4-9-5-10-6(7)3-8(12)11-13;1-2/h4-5H,1,3H2,2H3;1-2H3. The number of carbonyl (C=O) groups is 1. The van der Waals surface area contributed by atoms with Gasteiger partial charge in [0.25, 0.3) is 5.91 Å². The van der Waals surface area contributed by atoms with Crippen LogP contribution >= 0.6 is 0 Å². The Kier molecular flexibility index (Phi) is 3.57. The first-order valence-corrected chi connectivity index (χ1v) is 6.92. The molecule has 0 aromatic carbocycles. The minimum atomic E-state index is -1.59. The summed E-state index contributed by atoms with van der Waals surface area (Å²) in [6.45, 7) is 4.00. The normalized spacial score (nSPS) is 23.3. The van der Waals surface area contributed by atoms with E-state index in [0.29, 0.717) is 0 Å². The second kappa shape index (κ2) is 4.53. The maximum absolute atomic E-state index is 11.2. The van der Waals surface area contributed by atoms with Gasteiger partial charge in [-0.2, -0.15) is 4.36 Å². The van der Waals surface area contributed by atoms with Crippen LogP contribution in [0.4, 0.5) is 0 Å². The molecule has 0 saturated carbocycles. The van der Waals surface area contributed by atoms with Gasteiger partial charge in [-0.1, -0.05) is 19.7 Å². The van der Waals surface area contributed by atoms with Crippen LogP contribution in [0, 0.1) is 0 Å². The van der Waals surface area contributed by atoms with Gasteiger partial charge in [-0.3, -0.25) is 4.79 Å². The van der Waals surface area contributed by atoms with Crippen LogP contribution in [0.2, 0.25) is 0 Å². The molecule has 2 heterocycles. The van der Waals surface area contributed by atoms with Crippen molar-refractivity contribution in [1.82, 2.24) is 9.97 Å². The Hall–Kier alpha value is -1.23. The zero-order valence-electron chi connectivity index (χ0n) is 9.23. The van der Waals surface area contributed by atoms with Crippen LogP contribution in [-0.4, -0.2) is 28.0 Å². The van der Waals surface area contributed by atoms with Crippen LogP contribution in [0.3, 0.4) is 0 Å². The first-order chi connectivity index (χ1) is 7.09. The number of amides is 1. The maximum atomic E-state index is 11.2. The number of aromatic nitrogens is 2. The van der Waals surface area contributed by atoms with Crippen LogP contribution in [0.25, 0.3) is 0 Å². The van der Waals surface area contributed by atoms with Crippen molar-refractivity contribution >= 4 is 21.2 Å². The third-order valence-corrected chi connectivity index (χ3v) is 3.75. The van der Waals surface area contributed by atoms with E-state index in [1.54, 1.807) is 6.20 Å². The third-order valence-electron chi connectivity index (χ3n) is 1.85. The summed E-state index contributed by atoms with van der Waals surface area (Å²) in [6.07, 6.45) is 5.32. The lowest BCUT2D eigenvalue weighted by Crippen LogP contribution is -2.16. The molecule has 4 nitrogen and oxygen atoms in total. The van der Waals surface area contributed by atoms with Crippen LogP contribution in [0.15, 0.2) is 21.8 Å². The number of nitrogens with zero attached hydrogens (tertiary/aromatic N) is 3. The third kappa shape index (κ3) is 2.41. The molecule has 0 bridgehead atoms. The molecule has 15 heavy (non-hydrogen) atoms. The molecule has 0 radical (unpaired) electrons. The van der Waals surface area contributed by atoms with Gasteiger partial charge in [0.15, 0.2) is 0 Å². The molecule has 0 fully saturated rings. The van der Waals surface area contributed by atoms with Gasteiger partial charge < -0.3 is 0 Å². The highest BCUT2D eigenvalue weighted by atomic mass is 32.2. The van der Waals surface area contributed by atoms with E-state index in [4.69, 9.17) is 0 Å². The van der Waals surface area contributed by atoms with Gasteiger partial charge in [0.2, 0.25) is 0 Å². The quantitative estimate of drug-likeness (QED) is 0.626. The summed E-state index contributed by atoms with van der Waals surface area (Å²) in [5.41, 5.74) is 0.780. The van der Waals surface area contributed by atoms with Crippen molar-refractivity contribution in [2.45, 2.75) is 25.2 Å². The van der Waals surface area contributed by atoms with Crippen molar-refractivity contribution in [3.05, 3.63) is 18.2 Å². The highest BCUT2D eigenvalue weighted by molar-refractivity contribution is 8.02. The number of carbonyl (C=O) groups excluding carboxylic acids is 1. The van der Waals surface area contributed by atoms with E-state index in [1.165, 1.54) is 6.33 Å². The van der Waals surface area contributed by atoms with Crippen molar-refractivity contribution in [3.63, 3.8) is 0 Å². The van der Waals surface area contributed by atoms with Crippen LogP contribution < -0.4 is 0 Å². The molecule has 1 atom stereocenters. The Bertz CT molecular complexity index is 487. The van der Waals surface area contributed by atoms with Crippen LogP contribution in [-0.2, 0) is 20.6 Å². The minimum Gasteiger partial charge on any atom is -0.272 e. The summed E-state index contributed by atoms with van der Waals surface area (Å²) in [7, 11) is -1.59. The monoisotopic (exact) mass is 225 g/mol. The van der Waals surface area contributed by atoms with Gasteiger partial charge >= 0.3 is 0 Å². The molecule has 1 amide bonds. The zero-order valence-corrected chi connectivity index (χ0v) is 10.0. The van der Waals surface area contributed by atoms with Crippen LogP contribution in [0.1, 0.15) is 19.5 Å². The number of fused-ring (bicyclic) bond motifs is 1. The van der Waals surface area contributed by atoms with E-state index >= 15 is 0 Å². The summed E-state index contributed by atoms with van der Waals surface area (Å²) in [6, 6.07) is 0. The SMILES string of the molecule is C=S1(C)=NC(=O)Cc2ncncc21.CC. The number of hydrogen-bond donors (Lipinski definition) is 0. The average molecular weight is 225 g/mol. The van der Waals surface area contributed by atoms with Crippen molar-refractivity contribution in [2.24, 2.45) is 4.36 Å². The smallest absolute Gasteiger partial charge is 0.257 e. The fourth-order valence-corrected chi connectivity index (χ4v) is 2.82. The van der Waals surface area contributed by atoms with Gasteiger partial charge in [0, 0.05) is 6.20 Å². The van der Waals surface area contributed by atoms with Gasteiger partial charge in [-0.05, 0) is 6.26 Å². The molecule has 0 aliphatic carbocycles. The van der Waals surface area contributed by atoms with E-state index in [1.807, 2.05) is 20.1 Å². The molecule has 0 spiro atoms. The second-order valence-corrected chi connectivity index (χ2v) is 5.74. The molecule has 2 rings (SSSR count). The zero-order chi connectivity index (χ0) is 11.5. The molecule has 0 N–H and O–H groups in total. The Morgan fingerprint density at radius 2 is 2.13 bits per heavy atom. The van der Waals surface area contributed by atoms with E-state index in [0.717, 1.165) is 10.6 Å². The average Bonchev–Trinajstić information content (AvgIpc) is 2.19. The number of hydrogen-bond acceptors (Lipinski definition) is 3. The Labute approximate surface area is 90.4 Å². The van der Waals surface area contributed by atoms with E-state index in [-0.39, 0.29) is 12.3 Å². The summed E-state index contributed by atoms with van der Waals surface area (Å²) in [5, 5.41) is 0. The number of rotatable bonds is 0. The lowest BCUT2D eigenvalue weighted by Gasteiger charge is -2.16.